The van der Waals surface area contributed by atoms with Gasteiger partial charge in [-0.05, 0) is 17.5 Å². The highest BCUT2D eigenvalue weighted by Gasteiger charge is 2.01. The number of thiophene rings is 1. The lowest BCUT2D eigenvalue weighted by molar-refractivity contribution is 1.22. The molecule has 0 aliphatic rings. The van der Waals surface area contributed by atoms with Crippen molar-refractivity contribution in [2.45, 2.75) is 0 Å². The van der Waals surface area contributed by atoms with Crippen molar-refractivity contribution in [3.8, 4) is 0 Å². The Morgan fingerprint density at radius 2 is 2.38 bits per heavy atom. The van der Waals surface area contributed by atoms with Gasteiger partial charge in [-0.3, -0.25) is 4.98 Å². The molecule has 4 N–H and O–H groups in total. The molecule has 0 spiro atoms. The molecule has 0 saturated heterocycles. The maximum Gasteiger partial charge on any atom is 0.151 e. The van der Waals surface area contributed by atoms with Gasteiger partial charge in [0.2, 0.25) is 0 Å². The second-order valence-corrected chi connectivity index (χ2v) is 3.49. The lowest BCUT2D eigenvalue weighted by atomic mass is 10.2. The van der Waals surface area contributed by atoms with Crippen molar-refractivity contribution < 1.29 is 0 Å². The van der Waals surface area contributed by atoms with E-state index in [0.717, 1.165) is 15.8 Å². The second kappa shape index (κ2) is 3.02. The predicted molar refractivity (Wildman–Crippen MR) is 54.5 cm³/mol. The van der Waals surface area contributed by atoms with E-state index in [1.54, 1.807) is 17.5 Å². The predicted octanol–water partition coefficient (Wildman–Crippen LogP) is 0.875. The van der Waals surface area contributed by atoms with Crippen molar-refractivity contribution >= 4 is 27.4 Å². The lowest BCUT2D eigenvalue weighted by Crippen LogP contribution is -2.15. The molecule has 2 aromatic rings. The van der Waals surface area contributed by atoms with Gasteiger partial charge >= 0.3 is 0 Å². The van der Waals surface area contributed by atoms with Crippen LogP contribution in [0.5, 0.6) is 0 Å². The molecule has 0 fully saturated rings. The number of nitrogens with two attached hydrogens (primary N) is 2. The zero-order valence-electron chi connectivity index (χ0n) is 6.77. The molecule has 66 valence electrons. The average Bonchev–Trinajstić information content (AvgIpc) is 2.63. The molecule has 0 radical (unpaired) electrons. The third kappa shape index (κ3) is 1.33. The van der Waals surface area contributed by atoms with Gasteiger partial charge in [0, 0.05) is 11.8 Å². The first kappa shape index (κ1) is 8.00. The number of pyridine rings is 1. The number of rotatable bonds is 1. The first-order valence-electron chi connectivity index (χ1n) is 3.68. The third-order valence-corrected chi connectivity index (χ3v) is 2.59. The van der Waals surface area contributed by atoms with Crippen LogP contribution in [0.1, 0.15) is 5.56 Å². The fraction of sp³-hybridized carbons (Fsp3) is 0. The number of amidine groups is 1. The van der Waals surface area contributed by atoms with Crippen LogP contribution in [0.15, 0.2) is 28.8 Å². The number of hydrogen-bond donors (Lipinski definition) is 2. The topological polar surface area (TPSA) is 77.3 Å². The Hall–Kier alpha value is -1.62. The molecule has 0 unspecified atom stereocenters. The lowest BCUT2D eigenvalue weighted by Gasteiger charge is -1.97. The summed E-state index contributed by atoms with van der Waals surface area (Å²) in [6.45, 7) is 0. The van der Waals surface area contributed by atoms with Gasteiger partial charge in [-0.25, -0.2) is 0 Å². The number of hydrogen-bond acceptors (Lipinski definition) is 4. The van der Waals surface area contributed by atoms with Crippen LogP contribution in [0.4, 0.5) is 0 Å². The highest BCUT2D eigenvalue weighted by molar-refractivity contribution is 7.17. The minimum absolute atomic E-state index is 0.308. The quantitative estimate of drug-likeness (QED) is 0.304. The Morgan fingerprint density at radius 1 is 1.54 bits per heavy atom. The van der Waals surface area contributed by atoms with Crippen LogP contribution >= 0.6 is 11.3 Å². The standard InChI is InChI=1S/C8H8N4S/c9-8(12-10)5-3-7-6(11-4-5)1-2-13-7/h1-4H,10H2,(H2,9,12). The van der Waals surface area contributed by atoms with Gasteiger partial charge in [-0.2, -0.15) is 5.10 Å². The molecule has 4 nitrogen and oxygen atoms in total. The number of hydrazone groups is 1. The van der Waals surface area contributed by atoms with E-state index in [0.29, 0.717) is 5.84 Å². The summed E-state index contributed by atoms with van der Waals surface area (Å²) in [4.78, 5) is 4.20. The van der Waals surface area contributed by atoms with Gasteiger partial charge in [0.05, 0.1) is 10.2 Å². The summed E-state index contributed by atoms with van der Waals surface area (Å²) in [6, 6.07) is 3.89. The smallest absolute Gasteiger partial charge is 0.151 e. The van der Waals surface area contributed by atoms with E-state index >= 15 is 0 Å². The van der Waals surface area contributed by atoms with Crippen LogP contribution in [0.2, 0.25) is 0 Å². The van der Waals surface area contributed by atoms with Crippen molar-refractivity contribution in [2.75, 3.05) is 0 Å². The molecule has 0 amide bonds. The third-order valence-electron chi connectivity index (χ3n) is 1.74. The fourth-order valence-corrected chi connectivity index (χ4v) is 1.84. The van der Waals surface area contributed by atoms with Crippen molar-refractivity contribution in [2.24, 2.45) is 16.7 Å². The van der Waals surface area contributed by atoms with Crippen LogP contribution in [0.3, 0.4) is 0 Å². The molecular weight excluding hydrogens is 184 g/mol. The molecule has 5 heteroatoms. The van der Waals surface area contributed by atoms with E-state index in [1.807, 2.05) is 17.5 Å². The van der Waals surface area contributed by atoms with Crippen molar-refractivity contribution in [1.82, 2.24) is 4.98 Å². The summed E-state index contributed by atoms with van der Waals surface area (Å²) >= 11 is 1.62. The van der Waals surface area contributed by atoms with E-state index in [1.165, 1.54) is 0 Å². The molecule has 0 bridgehead atoms. The maximum absolute atomic E-state index is 5.54. The van der Waals surface area contributed by atoms with E-state index in [4.69, 9.17) is 11.6 Å². The second-order valence-electron chi connectivity index (χ2n) is 2.54. The number of aromatic nitrogens is 1. The first-order chi connectivity index (χ1) is 6.31. The molecule has 2 heterocycles. The molecule has 0 aliphatic heterocycles. The van der Waals surface area contributed by atoms with Crippen molar-refractivity contribution in [3.05, 3.63) is 29.3 Å². The van der Waals surface area contributed by atoms with Gasteiger partial charge in [0.25, 0.3) is 0 Å². The Kier molecular flexibility index (Phi) is 1.86. The Bertz CT molecular complexity index is 460. The first-order valence-corrected chi connectivity index (χ1v) is 4.56. The molecule has 13 heavy (non-hydrogen) atoms. The van der Waals surface area contributed by atoms with E-state index in [9.17, 15) is 0 Å². The van der Waals surface area contributed by atoms with Crippen LogP contribution in [0.25, 0.3) is 10.2 Å². The Labute approximate surface area is 78.9 Å². The minimum atomic E-state index is 0.308. The monoisotopic (exact) mass is 192 g/mol. The fourth-order valence-electron chi connectivity index (χ4n) is 1.06. The van der Waals surface area contributed by atoms with Gasteiger partial charge in [0.1, 0.15) is 0 Å². The summed E-state index contributed by atoms with van der Waals surface area (Å²) in [5.41, 5.74) is 7.28. The normalized spacial score (nSPS) is 12.2. The molecule has 0 aliphatic carbocycles. The van der Waals surface area contributed by atoms with Crippen LogP contribution in [-0.2, 0) is 0 Å². The van der Waals surface area contributed by atoms with Gasteiger partial charge in [-0.15, -0.1) is 11.3 Å². The van der Waals surface area contributed by atoms with Crippen LogP contribution in [-0.4, -0.2) is 10.8 Å². The molecule has 2 rings (SSSR count). The summed E-state index contributed by atoms with van der Waals surface area (Å²) in [7, 11) is 0. The number of nitrogens with zero attached hydrogens (tertiary/aromatic N) is 2. The molecule has 0 aromatic carbocycles. The van der Waals surface area contributed by atoms with Crippen LogP contribution < -0.4 is 11.6 Å². The summed E-state index contributed by atoms with van der Waals surface area (Å²) in [5, 5.41) is 5.39. The van der Waals surface area contributed by atoms with Crippen molar-refractivity contribution in [3.63, 3.8) is 0 Å². The van der Waals surface area contributed by atoms with Gasteiger partial charge in [0.15, 0.2) is 5.84 Å². The zero-order chi connectivity index (χ0) is 9.26. The van der Waals surface area contributed by atoms with Gasteiger partial charge < -0.3 is 11.6 Å². The minimum Gasteiger partial charge on any atom is -0.382 e. The Balaban J connectivity index is 2.60. The molecule has 2 aromatic heterocycles. The maximum atomic E-state index is 5.54. The van der Waals surface area contributed by atoms with Crippen LogP contribution in [0, 0.1) is 0 Å². The summed E-state index contributed by atoms with van der Waals surface area (Å²) in [5.74, 6) is 5.37. The highest BCUT2D eigenvalue weighted by Crippen LogP contribution is 2.19. The SMILES string of the molecule is N/N=C(/N)c1cnc2ccsc2c1. The van der Waals surface area contributed by atoms with E-state index in [-0.39, 0.29) is 0 Å². The van der Waals surface area contributed by atoms with Gasteiger partial charge in [-0.1, -0.05) is 0 Å². The Morgan fingerprint density at radius 3 is 3.15 bits per heavy atom. The average molecular weight is 192 g/mol. The molecular formula is C8H8N4S. The largest absolute Gasteiger partial charge is 0.382 e. The van der Waals surface area contributed by atoms with Crippen molar-refractivity contribution in [1.29, 1.82) is 0 Å². The highest BCUT2D eigenvalue weighted by atomic mass is 32.1. The summed E-state index contributed by atoms with van der Waals surface area (Å²) in [6.07, 6.45) is 1.67. The zero-order valence-corrected chi connectivity index (χ0v) is 7.58. The molecule has 0 saturated carbocycles. The number of fused-ring (bicyclic) bond motifs is 1. The summed E-state index contributed by atoms with van der Waals surface area (Å²) < 4.78 is 1.09. The van der Waals surface area contributed by atoms with E-state index < -0.39 is 0 Å². The van der Waals surface area contributed by atoms with E-state index in [2.05, 4.69) is 10.1 Å². The molecule has 0 atom stereocenters.